The number of hydrogen-bond acceptors (Lipinski definition) is 5. The van der Waals surface area contributed by atoms with Crippen LogP contribution in [0.1, 0.15) is 46.5 Å². The highest BCUT2D eigenvalue weighted by Gasteiger charge is 2.39. The molecule has 0 bridgehead atoms. The molecule has 1 saturated carbocycles. The molecule has 2 aliphatic rings. The highest BCUT2D eigenvalue weighted by molar-refractivity contribution is 7.90. The van der Waals surface area contributed by atoms with E-state index in [1.54, 1.807) is 12.1 Å². The van der Waals surface area contributed by atoms with Crippen LogP contribution in [0.3, 0.4) is 0 Å². The average Bonchev–Trinajstić information content (AvgIpc) is 2.59. The molecule has 0 radical (unpaired) electrons. The molecule has 1 N–H and O–H groups in total. The second kappa shape index (κ2) is 7.37. The van der Waals surface area contributed by atoms with Gasteiger partial charge in [0.1, 0.15) is 0 Å². The second-order valence-corrected chi connectivity index (χ2v) is 11.4. The van der Waals surface area contributed by atoms with E-state index in [4.69, 9.17) is 0 Å². The lowest BCUT2D eigenvalue weighted by Gasteiger charge is -2.47. The van der Waals surface area contributed by atoms with Gasteiger partial charge < -0.3 is 10.0 Å². The smallest absolute Gasteiger partial charge is 0.175 e. The van der Waals surface area contributed by atoms with Crippen LogP contribution in [-0.4, -0.2) is 62.5 Å². The summed E-state index contributed by atoms with van der Waals surface area (Å²) >= 11 is 0. The normalized spacial score (nSPS) is 26.1. The van der Waals surface area contributed by atoms with Crippen LogP contribution < -0.4 is 4.90 Å². The van der Waals surface area contributed by atoms with Gasteiger partial charge in [0.2, 0.25) is 0 Å². The molecule has 27 heavy (non-hydrogen) atoms. The number of anilines is 1. The average molecular weight is 395 g/mol. The van der Waals surface area contributed by atoms with Gasteiger partial charge in [0.05, 0.1) is 10.5 Å². The fraction of sp³-hybridized carbons (Fsp3) is 0.714. The zero-order valence-corrected chi connectivity index (χ0v) is 17.9. The van der Waals surface area contributed by atoms with Gasteiger partial charge in [0.25, 0.3) is 0 Å². The molecule has 1 aromatic carbocycles. The van der Waals surface area contributed by atoms with Gasteiger partial charge in [-0.3, -0.25) is 4.90 Å². The fourth-order valence-corrected chi connectivity index (χ4v) is 4.96. The van der Waals surface area contributed by atoms with Gasteiger partial charge in [-0.2, -0.15) is 0 Å². The van der Waals surface area contributed by atoms with E-state index in [2.05, 4.69) is 30.6 Å². The van der Waals surface area contributed by atoms with E-state index >= 15 is 0 Å². The van der Waals surface area contributed by atoms with Gasteiger partial charge >= 0.3 is 0 Å². The minimum absolute atomic E-state index is 0.319. The van der Waals surface area contributed by atoms with Crippen molar-refractivity contribution >= 4 is 15.5 Å². The highest BCUT2D eigenvalue weighted by Crippen LogP contribution is 2.40. The van der Waals surface area contributed by atoms with Crippen molar-refractivity contribution in [2.45, 2.75) is 63.0 Å². The van der Waals surface area contributed by atoms with Crippen molar-refractivity contribution in [1.82, 2.24) is 4.90 Å². The van der Waals surface area contributed by atoms with E-state index in [9.17, 15) is 13.5 Å². The van der Waals surface area contributed by atoms with Crippen molar-refractivity contribution in [2.75, 3.05) is 37.3 Å². The van der Waals surface area contributed by atoms with Crippen LogP contribution in [0.25, 0.3) is 0 Å². The number of piperazine rings is 1. The predicted molar refractivity (Wildman–Crippen MR) is 110 cm³/mol. The standard InChI is InChI=1S/C21H34N2O3S/c1-17-15-22(18-6-5-7-19(14-18)27(4,25)26)12-13-23(17)16-21(24)10-8-20(2,3)9-11-21/h5-7,14,17,24H,8-13,15-16H2,1-4H3/t17-/m0/s1. The van der Waals surface area contributed by atoms with Crippen LogP contribution >= 0.6 is 0 Å². The Kier molecular flexibility index (Phi) is 5.63. The summed E-state index contributed by atoms with van der Waals surface area (Å²) in [5, 5.41) is 11.1. The van der Waals surface area contributed by atoms with Gasteiger partial charge in [-0.25, -0.2) is 8.42 Å². The molecule has 0 spiro atoms. The van der Waals surface area contributed by atoms with Crippen molar-refractivity contribution in [3.05, 3.63) is 24.3 Å². The molecule has 6 heteroatoms. The summed E-state index contributed by atoms with van der Waals surface area (Å²) in [5.41, 5.74) is 0.742. The summed E-state index contributed by atoms with van der Waals surface area (Å²) in [6.45, 7) is 10.1. The Labute approximate surface area is 164 Å². The summed E-state index contributed by atoms with van der Waals surface area (Å²) in [6, 6.07) is 7.54. The third-order valence-corrected chi connectivity index (χ3v) is 7.52. The largest absolute Gasteiger partial charge is 0.389 e. The van der Waals surface area contributed by atoms with E-state index in [1.807, 2.05) is 12.1 Å². The van der Waals surface area contributed by atoms with Crippen LogP contribution in [0.15, 0.2) is 29.2 Å². The van der Waals surface area contributed by atoms with E-state index < -0.39 is 15.4 Å². The number of nitrogens with zero attached hydrogens (tertiary/aromatic N) is 2. The Morgan fingerprint density at radius 3 is 2.41 bits per heavy atom. The van der Waals surface area contributed by atoms with E-state index in [0.717, 1.165) is 57.5 Å². The summed E-state index contributed by atoms with van der Waals surface area (Å²) < 4.78 is 23.7. The Morgan fingerprint density at radius 1 is 1.15 bits per heavy atom. The molecule has 3 rings (SSSR count). The van der Waals surface area contributed by atoms with Crippen LogP contribution in [0.5, 0.6) is 0 Å². The summed E-state index contributed by atoms with van der Waals surface area (Å²) in [5.74, 6) is 0. The first kappa shape index (κ1) is 20.6. The molecular weight excluding hydrogens is 360 g/mol. The molecule has 1 aliphatic carbocycles. The molecule has 5 nitrogen and oxygen atoms in total. The lowest BCUT2D eigenvalue weighted by molar-refractivity contribution is -0.0572. The molecule has 0 unspecified atom stereocenters. The Bertz CT molecular complexity index is 765. The molecule has 1 atom stereocenters. The molecule has 152 valence electrons. The van der Waals surface area contributed by atoms with Crippen molar-refractivity contribution < 1.29 is 13.5 Å². The van der Waals surface area contributed by atoms with Crippen LogP contribution in [0, 0.1) is 5.41 Å². The second-order valence-electron chi connectivity index (χ2n) is 9.42. The van der Waals surface area contributed by atoms with E-state index in [0.29, 0.717) is 16.4 Å². The number of benzene rings is 1. The molecule has 0 aromatic heterocycles. The summed E-state index contributed by atoms with van der Waals surface area (Å²) in [4.78, 5) is 5.02. The maximum Gasteiger partial charge on any atom is 0.175 e. The highest BCUT2D eigenvalue weighted by atomic mass is 32.2. The first-order valence-corrected chi connectivity index (χ1v) is 11.9. The van der Waals surface area contributed by atoms with Crippen LogP contribution in [-0.2, 0) is 9.84 Å². The fourth-order valence-electron chi connectivity index (χ4n) is 4.30. The van der Waals surface area contributed by atoms with Crippen molar-refractivity contribution in [3.8, 4) is 0 Å². The third kappa shape index (κ3) is 5.04. The molecule has 1 aliphatic heterocycles. The minimum Gasteiger partial charge on any atom is -0.389 e. The molecule has 0 amide bonds. The van der Waals surface area contributed by atoms with E-state index in [1.165, 1.54) is 6.26 Å². The van der Waals surface area contributed by atoms with Crippen molar-refractivity contribution in [1.29, 1.82) is 0 Å². The number of rotatable bonds is 4. The van der Waals surface area contributed by atoms with Crippen molar-refractivity contribution in [3.63, 3.8) is 0 Å². The SMILES string of the molecule is C[C@H]1CN(c2cccc(S(C)(=O)=O)c2)CCN1CC1(O)CCC(C)(C)CC1. The molecule has 1 heterocycles. The third-order valence-electron chi connectivity index (χ3n) is 6.41. The molecular formula is C21H34N2O3S. The van der Waals surface area contributed by atoms with Gasteiger partial charge in [-0.05, 0) is 56.2 Å². The summed E-state index contributed by atoms with van der Waals surface area (Å²) in [6.07, 6.45) is 5.16. The molecule has 1 saturated heterocycles. The molecule has 2 fully saturated rings. The van der Waals surface area contributed by atoms with Gasteiger partial charge in [-0.1, -0.05) is 19.9 Å². The number of β-amino-alcohol motifs (C(OH)–C–C–N with tert-alkyl or cyclic N) is 1. The first-order valence-electron chi connectivity index (χ1n) is 9.99. The topological polar surface area (TPSA) is 60.9 Å². The van der Waals surface area contributed by atoms with E-state index in [-0.39, 0.29) is 0 Å². The quantitative estimate of drug-likeness (QED) is 0.851. The molecule has 1 aromatic rings. The number of hydrogen-bond donors (Lipinski definition) is 1. The zero-order chi connectivity index (χ0) is 19.9. The Hall–Kier alpha value is -1.11. The van der Waals surface area contributed by atoms with Crippen molar-refractivity contribution in [2.24, 2.45) is 5.41 Å². The predicted octanol–water partition coefficient (Wildman–Crippen LogP) is 2.93. The number of sulfone groups is 1. The van der Waals surface area contributed by atoms with Crippen LogP contribution in [0.2, 0.25) is 0 Å². The lowest BCUT2D eigenvalue weighted by atomic mass is 9.71. The Balaban J connectivity index is 1.63. The summed E-state index contributed by atoms with van der Waals surface area (Å²) in [7, 11) is -3.20. The van der Waals surface area contributed by atoms with Gasteiger partial charge in [0.15, 0.2) is 9.84 Å². The monoisotopic (exact) mass is 394 g/mol. The maximum atomic E-state index is 11.8. The number of aliphatic hydroxyl groups is 1. The Morgan fingerprint density at radius 2 is 1.81 bits per heavy atom. The first-order chi connectivity index (χ1) is 12.5. The minimum atomic E-state index is -3.20. The van der Waals surface area contributed by atoms with Gasteiger partial charge in [-0.15, -0.1) is 0 Å². The van der Waals surface area contributed by atoms with Crippen LogP contribution in [0.4, 0.5) is 5.69 Å². The van der Waals surface area contributed by atoms with Gasteiger partial charge in [0, 0.05) is 44.2 Å². The lowest BCUT2D eigenvalue weighted by Crippen LogP contribution is -2.57. The maximum absolute atomic E-state index is 11.8. The zero-order valence-electron chi connectivity index (χ0n) is 17.1.